The monoisotopic (exact) mass is 372 g/mol. The van der Waals surface area contributed by atoms with Crippen molar-refractivity contribution in [3.05, 3.63) is 36.0 Å². The zero-order valence-corrected chi connectivity index (χ0v) is 15.6. The number of aryl methyl sites for hydroxylation is 1. The quantitative estimate of drug-likeness (QED) is 0.891. The number of methoxy groups -OCH3 is 1. The third kappa shape index (κ3) is 3.49. The van der Waals surface area contributed by atoms with Crippen LogP contribution >= 0.6 is 0 Å². The van der Waals surface area contributed by atoms with Crippen molar-refractivity contribution in [2.75, 3.05) is 38.7 Å². The second-order valence-corrected chi connectivity index (χ2v) is 7.25. The topological polar surface area (TPSA) is 89.7 Å². The molecule has 1 spiro atoms. The van der Waals surface area contributed by atoms with E-state index < -0.39 is 0 Å². The first-order valence-electron chi connectivity index (χ1n) is 9.18. The minimum atomic E-state index is -0.132. The van der Waals surface area contributed by atoms with E-state index in [1.54, 1.807) is 13.2 Å². The van der Waals surface area contributed by atoms with E-state index in [2.05, 4.69) is 15.5 Å². The summed E-state index contributed by atoms with van der Waals surface area (Å²) in [6.07, 6.45) is 1.75. The number of hydrogen-bond acceptors (Lipinski definition) is 6. The van der Waals surface area contributed by atoms with Crippen LogP contribution in [-0.2, 0) is 4.74 Å². The number of aromatic nitrogens is 2. The number of likely N-dealkylation sites (tertiary alicyclic amines) is 1. The van der Waals surface area contributed by atoms with Gasteiger partial charge in [0.25, 0.3) is 0 Å². The SMILES string of the molecule is COc1cccc(NC(=O)N2C[C@H](c3nc(C)no3)C3(CCOCC3)C2)c1. The van der Waals surface area contributed by atoms with E-state index >= 15 is 0 Å². The van der Waals surface area contributed by atoms with Gasteiger partial charge < -0.3 is 24.2 Å². The molecule has 2 aromatic rings. The van der Waals surface area contributed by atoms with Crippen LogP contribution in [0.25, 0.3) is 0 Å². The lowest BCUT2D eigenvalue weighted by molar-refractivity contribution is 0.00959. The summed E-state index contributed by atoms with van der Waals surface area (Å²) in [6, 6.07) is 7.21. The van der Waals surface area contributed by atoms with Crippen LogP contribution in [0, 0.1) is 12.3 Å². The van der Waals surface area contributed by atoms with Crippen LogP contribution in [0.1, 0.15) is 30.5 Å². The van der Waals surface area contributed by atoms with Gasteiger partial charge in [-0.3, -0.25) is 0 Å². The number of amides is 2. The summed E-state index contributed by atoms with van der Waals surface area (Å²) in [6.45, 7) is 4.39. The molecule has 144 valence electrons. The Morgan fingerprint density at radius 2 is 2.19 bits per heavy atom. The first-order valence-corrected chi connectivity index (χ1v) is 9.18. The highest BCUT2D eigenvalue weighted by atomic mass is 16.5. The third-order valence-electron chi connectivity index (χ3n) is 5.59. The summed E-state index contributed by atoms with van der Waals surface area (Å²) < 4.78 is 16.3. The highest BCUT2D eigenvalue weighted by Crippen LogP contribution is 2.49. The molecule has 2 amide bonds. The maximum Gasteiger partial charge on any atom is 0.321 e. The predicted octanol–water partition coefficient (Wildman–Crippen LogP) is 2.81. The number of ether oxygens (including phenoxy) is 2. The third-order valence-corrected chi connectivity index (χ3v) is 5.59. The Balaban J connectivity index is 1.54. The van der Waals surface area contributed by atoms with Crippen LogP contribution in [0.4, 0.5) is 10.5 Å². The van der Waals surface area contributed by atoms with Gasteiger partial charge in [-0.2, -0.15) is 4.98 Å². The molecule has 2 saturated heterocycles. The van der Waals surface area contributed by atoms with Crippen molar-refractivity contribution in [2.45, 2.75) is 25.7 Å². The molecule has 0 unspecified atom stereocenters. The van der Waals surface area contributed by atoms with Gasteiger partial charge in [-0.1, -0.05) is 11.2 Å². The number of nitrogens with zero attached hydrogens (tertiary/aromatic N) is 3. The normalized spacial score (nSPS) is 21.4. The summed E-state index contributed by atoms with van der Waals surface area (Å²) in [5.41, 5.74) is 0.626. The minimum Gasteiger partial charge on any atom is -0.497 e. The Kier molecular flexibility index (Phi) is 4.73. The highest BCUT2D eigenvalue weighted by Gasteiger charge is 2.51. The number of benzene rings is 1. The maximum absolute atomic E-state index is 12.9. The minimum absolute atomic E-state index is 0.0265. The molecule has 0 radical (unpaired) electrons. The van der Waals surface area contributed by atoms with Gasteiger partial charge >= 0.3 is 6.03 Å². The molecule has 0 saturated carbocycles. The van der Waals surface area contributed by atoms with Crippen LogP contribution in [0.15, 0.2) is 28.8 Å². The fraction of sp³-hybridized carbons (Fsp3) is 0.526. The van der Waals surface area contributed by atoms with Crippen molar-refractivity contribution < 1.29 is 18.8 Å². The lowest BCUT2D eigenvalue weighted by atomic mass is 9.72. The Bertz CT molecular complexity index is 816. The first kappa shape index (κ1) is 17.8. The molecule has 1 atom stereocenters. The van der Waals surface area contributed by atoms with E-state index in [0.717, 1.165) is 12.8 Å². The predicted molar refractivity (Wildman–Crippen MR) is 97.8 cm³/mol. The molecule has 1 aromatic heterocycles. The number of carbonyl (C=O) groups is 1. The van der Waals surface area contributed by atoms with Crippen LogP contribution in [0.5, 0.6) is 5.75 Å². The smallest absolute Gasteiger partial charge is 0.321 e. The van der Waals surface area contributed by atoms with Crippen molar-refractivity contribution in [1.29, 1.82) is 0 Å². The highest BCUT2D eigenvalue weighted by molar-refractivity contribution is 5.89. The molecular weight excluding hydrogens is 348 g/mol. The van der Waals surface area contributed by atoms with Gasteiger partial charge in [-0.15, -0.1) is 0 Å². The molecule has 4 rings (SSSR count). The Labute approximate surface area is 157 Å². The Hall–Kier alpha value is -2.61. The summed E-state index contributed by atoms with van der Waals surface area (Å²) in [4.78, 5) is 19.2. The molecule has 8 heteroatoms. The van der Waals surface area contributed by atoms with Gasteiger partial charge in [0.2, 0.25) is 5.89 Å². The second kappa shape index (κ2) is 7.19. The van der Waals surface area contributed by atoms with Gasteiger partial charge in [-0.25, -0.2) is 4.79 Å². The van der Waals surface area contributed by atoms with Gasteiger partial charge in [0, 0.05) is 43.5 Å². The van der Waals surface area contributed by atoms with E-state index in [1.165, 1.54) is 0 Å². The van der Waals surface area contributed by atoms with Gasteiger partial charge in [-0.05, 0) is 31.9 Å². The van der Waals surface area contributed by atoms with Crippen LogP contribution in [0.2, 0.25) is 0 Å². The summed E-state index contributed by atoms with van der Waals surface area (Å²) in [5.74, 6) is 1.96. The molecule has 2 fully saturated rings. The van der Waals surface area contributed by atoms with E-state index in [1.807, 2.05) is 30.0 Å². The number of nitrogens with one attached hydrogen (secondary N) is 1. The zero-order chi connectivity index (χ0) is 18.9. The van der Waals surface area contributed by atoms with Crippen LogP contribution < -0.4 is 10.1 Å². The van der Waals surface area contributed by atoms with E-state index in [4.69, 9.17) is 14.0 Å². The summed E-state index contributed by atoms with van der Waals surface area (Å²) in [5, 5.41) is 6.91. The van der Waals surface area contributed by atoms with Crippen molar-refractivity contribution in [3.8, 4) is 5.75 Å². The Morgan fingerprint density at radius 3 is 2.89 bits per heavy atom. The fourth-order valence-corrected chi connectivity index (χ4v) is 4.11. The van der Waals surface area contributed by atoms with Crippen molar-refractivity contribution in [1.82, 2.24) is 15.0 Å². The van der Waals surface area contributed by atoms with Crippen molar-refractivity contribution in [2.24, 2.45) is 5.41 Å². The molecule has 3 heterocycles. The molecule has 2 aliphatic heterocycles. The van der Waals surface area contributed by atoms with Crippen LogP contribution in [0.3, 0.4) is 0 Å². The number of anilines is 1. The van der Waals surface area contributed by atoms with Gasteiger partial charge in [0.05, 0.1) is 13.0 Å². The van der Waals surface area contributed by atoms with Gasteiger partial charge in [0.1, 0.15) is 5.75 Å². The molecular formula is C19H24N4O4. The summed E-state index contributed by atoms with van der Waals surface area (Å²) in [7, 11) is 1.60. The second-order valence-electron chi connectivity index (χ2n) is 7.25. The molecule has 27 heavy (non-hydrogen) atoms. The number of hydrogen-bond donors (Lipinski definition) is 1. The average Bonchev–Trinajstić information content (AvgIpc) is 3.26. The lowest BCUT2D eigenvalue weighted by Crippen LogP contribution is -2.38. The fourth-order valence-electron chi connectivity index (χ4n) is 4.11. The van der Waals surface area contributed by atoms with Crippen LogP contribution in [-0.4, -0.2) is 54.5 Å². The molecule has 2 aliphatic rings. The maximum atomic E-state index is 12.9. The number of rotatable bonds is 3. The molecule has 0 bridgehead atoms. The zero-order valence-electron chi connectivity index (χ0n) is 15.6. The van der Waals surface area contributed by atoms with Crippen molar-refractivity contribution >= 4 is 11.7 Å². The first-order chi connectivity index (χ1) is 13.1. The standard InChI is InChI=1S/C19H24N4O4/c1-13-20-17(27-22-13)16-11-23(12-19(16)6-8-26-9-7-19)18(24)21-14-4-3-5-15(10-14)25-2/h3-5,10,16H,6-9,11-12H2,1-2H3,(H,21,24)/t16-/m1/s1. The molecule has 0 aliphatic carbocycles. The molecule has 1 N–H and O–H groups in total. The van der Waals surface area contributed by atoms with E-state index in [0.29, 0.717) is 49.5 Å². The Morgan fingerprint density at radius 1 is 1.37 bits per heavy atom. The number of urea groups is 1. The molecule has 1 aromatic carbocycles. The van der Waals surface area contributed by atoms with E-state index in [-0.39, 0.29) is 17.4 Å². The average molecular weight is 372 g/mol. The summed E-state index contributed by atoms with van der Waals surface area (Å²) >= 11 is 0. The van der Waals surface area contributed by atoms with Crippen molar-refractivity contribution in [3.63, 3.8) is 0 Å². The largest absolute Gasteiger partial charge is 0.497 e. The molecule has 8 nitrogen and oxygen atoms in total. The van der Waals surface area contributed by atoms with E-state index in [9.17, 15) is 4.79 Å². The number of carbonyl (C=O) groups excluding carboxylic acids is 1. The van der Waals surface area contributed by atoms with Gasteiger partial charge in [0.15, 0.2) is 5.82 Å². The lowest BCUT2D eigenvalue weighted by Gasteiger charge is -2.36.